The first-order valence-electron chi connectivity index (χ1n) is 22.5. The van der Waals surface area contributed by atoms with E-state index < -0.39 is 42.9 Å². The van der Waals surface area contributed by atoms with Crippen LogP contribution in [0.25, 0.3) is 33.6 Å². The number of aromatic nitrogens is 4. The van der Waals surface area contributed by atoms with Gasteiger partial charge in [-0.2, -0.15) is 0 Å². The Hall–Kier alpha value is -5.63. The fraction of sp³-hybridized carbons (Fsp3) is 0.392. The molecule has 8 rings (SSSR count). The molecule has 4 heterocycles. The predicted molar refractivity (Wildman–Crippen MR) is 244 cm³/mol. The standard InChI is InChI=1S/C51H58F4N8O/c1-6-60(7-2)45(39-16-12-10-13-17-39)34(5)62-32-50(52,53)28-43(62)47-56-30-41(58-47)37-24-20-35(21-25-37)36-22-26-38(27-23-36)42-31-57-48(59-42)44-29-51(54,55)33-63(44)49(64)46(61(8-3)9-4)40-18-14-11-15-19-40/h10-27,30-31,34,43-46H,6-9,28-29,32-33H2,1-5H3,(H,56,58)(H,57,59)/t34?,43-,44-,45-,46+/m0/s1. The Bertz CT molecular complexity index is 2450. The minimum absolute atomic E-state index is 0.0623. The molecule has 336 valence electrons. The van der Waals surface area contributed by atoms with Gasteiger partial charge in [-0.25, -0.2) is 27.5 Å². The van der Waals surface area contributed by atoms with Gasteiger partial charge in [-0.3, -0.25) is 19.5 Å². The van der Waals surface area contributed by atoms with Crippen LogP contribution >= 0.6 is 0 Å². The number of benzene rings is 4. The maximum atomic E-state index is 15.3. The van der Waals surface area contributed by atoms with Crippen LogP contribution in [0, 0.1) is 0 Å². The highest BCUT2D eigenvalue weighted by Crippen LogP contribution is 2.45. The Morgan fingerprint density at radius 1 is 0.625 bits per heavy atom. The lowest BCUT2D eigenvalue weighted by Crippen LogP contribution is -2.45. The highest BCUT2D eigenvalue weighted by molar-refractivity contribution is 5.84. The summed E-state index contributed by atoms with van der Waals surface area (Å²) in [6, 6.07) is 32.9. The third-order valence-electron chi connectivity index (χ3n) is 13.3. The summed E-state index contributed by atoms with van der Waals surface area (Å²) in [4.78, 5) is 37.6. The number of likely N-dealkylation sites (tertiary alicyclic amines) is 2. The number of aromatic amines is 2. The summed E-state index contributed by atoms with van der Waals surface area (Å²) in [6.45, 7) is 12.0. The second-order valence-electron chi connectivity index (χ2n) is 17.2. The van der Waals surface area contributed by atoms with Gasteiger partial charge in [0.05, 0.1) is 55.0 Å². The number of amides is 1. The average molecular weight is 875 g/mol. The van der Waals surface area contributed by atoms with Crippen LogP contribution in [0.4, 0.5) is 17.6 Å². The Morgan fingerprint density at radius 2 is 1.06 bits per heavy atom. The van der Waals surface area contributed by atoms with E-state index in [1.54, 1.807) is 12.4 Å². The molecule has 0 aliphatic carbocycles. The van der Waals surface area contributed by atoms with Gasteiger partial charge in [-0.15, -0.1) is 0 Å². The first-order valence-corrected chi connectivity index (χ1v) is 22.5. The average Bonchev–Trinajstić information content (AvgIpc) is 4.13. The fourth-order valence-electron chi connectivity index (χ4n) is 9.94. The van der Waals surface area contributed by atoms with Crippen LogP contribution in [0.5, 0.6) is 0 Å². The van der Waals surface area contributed by atoms with Gasteiger partial charge in [0.15, 0.2) is 0 Å². The summed E-state index contributed by atoms with van der Waals surface area (Å²) in [6.07, 6.45) is 2.54. The quantitative estimate of drug-likeness (QED) is 0.0942. The van der Waals surface area contributed by atoms with Crippen molar-refractivity contribution >= 4 is 5.91 Å². The molecular weight excluding hydrogens is 817 g/mol. The van der Waals surface area contributed by atoms with Crippen molar-refractivity contribution in [1.29, 1.82) is 0 Å². The van der Waals surface area contributed by atoms with Gasteiger partial charge in [0.1, 0.15) is 17.7 Å². The molecule has 0 bridgehead atoms. The molecule has 2 N–H and O–H groups in total. The number of imidazole rings is 2. The molecule has 2 fully saturated rings. The van der Waals surface area contributed by atoms with Crippen molar-refractivity contribution in [1.82, 2.24) is 39.5 Å². The molecule has 1 amide bonds. The molecule has 0 saturated carbocycles. The van der Waals surface area contributed by atoms with E-state index in [1.165, 1.54) is 4.90 Å². The first-order chi connectivity index (χ1) is 30.8. The fourth-order valence-corrected chi connectivity index (χ4v) is 9.94. The lowest BCUT2D eigenvalue weighted by atomic mass is 9.96. The summed E-state index contributed by atoms with van der Waals surface area (Å²) < 4.78 is 60.9. The SMILES string of the molecule is CCN(CC)[C@H](c1ccccc1)C(C)N1CC(F)(F)C[C@H]1c1ncc(-c2ccc(-c3ccc(-c4cnc([C@@H]5CC(F)(F)CN5C(=O)[C@@H](c5ccccc5)N(CC)CC)[nH]4)cc3)cc2)[nH]1. The Kier molecular flexibility index (Phi) is 13.2. The van der Waals surface area contributed by atoms with Gasteiger partial charge in [-0.1, -0.05) is 137 Å². The number of hydrogen-bond acceptors (Lipinski definition) is 6. The largest absolute Gasteiger partial charge is 0.341 e. The molecular formula is C51H58F4N8O. The second-order valence-corrected chi connectivity index (χ2v) is 17.2. The summed E-state index contributed by atoms with van der Waals surface area (Å²) in [5.74, 6) is -5.41. The molecule has 4 aromatic carbocycles. The van der Waals surface area contributed by atoms with Crippen LogP contribution in [0.3, 0.4) is 0 Å². The van der Waals surface area contributed by atoms with Crippen molar-refractivity contribution in [3.05, 3.63) is 144 Å². The van der Waals surface area contributed by atoms with E-state index >= 15 is 17.6 Å². The van der Waals surface area contributed by atoms with E-state index in [9.17, 15) is 4.79 Å². The maximum absolute atomic E-state index is 15.3. The zero-order valence-corrected chi connectivity index (χ0v) is 37.2. The van der Waals surface area contributed by atoms with Gasteiger partial charge in [0, 0.05) is 18.9 Å². The van der Waals surface area contributed by atoms with Gasteiger partial charge >= 0.3 is 0 Å². The number of H-pyrrole nitrogens is 2. The van der Waals surface area contributed by atoms with Crippen molar-refractivity contribution in [3.63, 3.8) is 0 Å². The van der Waals surface area contributed by atoms with Gasteiger partial charge < -0.3 is 14.9 Å². The number of alkyl halides is 4. The van der Waals surface area contributed by atoms with E-state index in [0.717, 1.165) is 52.2 Å². The summed E-state index contributed by atoms with van der Waals surface area (Å²) in [5, 5.41) is 0. The number of rotatable bonds is 16. The first kappa shape index (κ1) is 45.0. The topological polar surface area (TPSA) is 87.4 Å². The molecule has 2 aliphatic rings. The molecule has 2 aliphatic heterocycles. The van der Waals surface area contributed by atoms with Crippen molar-refractivity contribution in [2.24, 2.45) is 0 Å². The van der Waals surface area contributed by atoms with Crippen LogP contribution in [-0.4, -0.2) is 103 Å². The van der Waals surface area contributed by atoms with Gasteiger partial charge in [-0.05, 0) is 66.5 Å². The lowest BCUT2D eigenvalue weighted by Gasteiger charge is -2.40. The van der Waals surface area contributed by atoms with Crippen molar-refractivity contribution in [3.8, 4) is 33.6 Å². The Labute approximate surface area is 373 Å². The van der Waals surface area contributed by atoms with Crippen LogP contribution < -0.4 is 0 Å². The number of halogens is 4. The zero-order valence-electron chi connectivity index (χ0n) is 37.2. The monoisotopic (exact) mass is 874 g/mol. The molecule has 9 nitrogen and oxygen atoms in total. The third kappa shape index (κ3) is 9.29. The minimum Gasteiger partial charge on any atom is -0.341 e. The minimum atomic E-state index is -3.06. The summed E-state index contributed by atoms with van der Waals surface area (Å²) >= 11 is 0. The molecule has 13 heteroatoms. The molecule has 1 unspecified atom stereocenters. The lowest BCUT2D eigenvalue weighted by molar-refractivity contribution is -0.139. The number of hydrogen-bond donors (Lipinski definition) is 2. The molecule has 6 aromatic rings. The number of likely N-dealkylation sites (N-methyl/N-ethyl adjacent to an activating group) is 2. The predicted octanol–water partition coefficient (Wildman–Crippen LogP) is 11.0. The zero-order chi connectivity index (χ0) is 45.2. The molecule has 2 aromatic heterocycles. The smallest absolute Gasteiger partial charge is 0.267 e. The van der Waals surface area contributed by atoms with Crippen LogP contribution in [0.2, 0.25) is 0 Å². The van der Waals surface area contributed by atoms with Gasteiger partial charge in [0.2, 0.25) is 5.91 Å². The molecule has 0 radical (unpaired) electrons. The highest BCUT2D eigenvalue weighted by Gasteiger charge is 2.51. The van der Waals surface area contributed by atoms with E-state index in [0.29, 0.717) is 30.4 Å². The van der Waals surface area contributed by atoms with Crippen molar-refractivity contribution in [2.45, 2.75) is 89.5 Å². The number of nitrogens with zero attached hydrogens (tertiary/aromatic N) is 6. The Morgan fingerprint density at radius 3 is 1.56 bits per heavy atom. The van der Waals surface area contributed by atoms with E-state index in [-0.39, 0.29) is 31.0 Å². The van der Waals surface area contributed by atoms with Crippen LogP contribution in [0.15, 0.2) is 122 Å². The number of carbonyl (C=O) groups excluding carboxylic acids is 1. The molecule has 64 heavy (non-hydrogen) atoms. The third-order valence-corrected chi connectivity index (χ3v) is 13.3. The van der Waals surface area contributed by atoms with Crippen molar-refractivity contribution < 1.29 is 22.4 Å². The van der Waals surface area contributed by atoms with Crippen LogP contribution in [-0.2, 0) is 4.79 Å². The van der Waals surface area contributed by atoms with E-state index in [4.69, 9.17) is 0 Å². The number of nitrogens with one attached hydrogen (secondary N) is 2. The summed E-state index contributed by atoms with van der Waals surface area (Å²) in [5.41, 5.74) is 6.94. The molecule has 2 saturated heterocycles. The maximum Gasteiger partial charge on any atom is 0.267 e. The van der Waals surface area contributed by atoms with Crippen molar-refractivity contribution in [2.75, 3.05) is 39.3 Å². The summed E-state index contributed by atoms with van der Waals surface area (Å²) in [7, 11) is 0. The highest BCUT2D eigenvalue weighted by atomic mass is 19.3. The van der Waals surface area contributed by atoms with E-state index in [2.05, 4.69) is 57.7 Å². The van der Waals surface area contributed by atoms with Gasteiger partial charge in [0.25, 0.3) is 11.8 Å². The second kappa shape index (κ2) is 18.8. The molecule has 5 atom stereocenters. The Balaban J connectivity index is 0.968. The normalized spacial score (nSPS) is 20.0. The van der Waals surface area contributed by atoms with E-state index in [1.807, 2.05) is 121 Å². The molecule has 0 spiro atoms. The van der Waals surface area contributed by atoms with Crippen LogP contribution in [0.1, 0.15) is 94.4 Å². The number of carbonyl (C=O) groups is 1.